The van der Waals surface area contributed by atoms with E-state index in [2.05, 4.69) is 10.2 Å². The smallest absolute Gasteiger partial charge is 0.251 e. The molecule has 0 aliphatic carbocycles. The molecule has 100 valence electrons. The van der Waals surface area contributed by atoms with E-state index in [1.165, 1.54) is 12.1 Å². The number of nitrogens with zero attached hydrogens (tertiary/aromatic N) is 1. The number of benzene rings is 1. The van der Waals surface area contributed by atoms with Crippen LogP contribution < -0.4 is 11.1 Å². The van der Waals surface area contributed by atoms with E-state index in [1.807, 2.05) is 14.1 Å². The topological polar surface area (TPSA) is 58.4 Å². The highest BCUT2D eigenvalue weighted by atomic mass is 35.5. The van der Waals surface area contributed by atoms with Crippen molar-refractivity contribution in [2.24, 2.45) is 0 Å². The number of carbonyl (C=O) groups excluding carboxylic acids is 1. The number of nitrogens with one attached hydrogen (secondary N) is 1. The van der Waals surface area contributed by atoms with Gasteiger partial charge in [-0.25, -0.2) is 0 Å². The van der Waals surface area contributed by atoms with Crippen LogP contribution in [0.2, 0.25) is 10.0 Å². The van der Waals surface area contributed by atoms with Crippen molar-refractivity contribution in [3.63, 3.8) is 0 Å². The molecule has 0 saturated heterocycles. The molecular formula is C12H17Cl2N3O. The monoisotopic (exact) mass is 289 g/mol. The number of halogens is 2. The number of rotatable bonds is 5. The maximum atomic E-state index is 11.8. The van der Waals surface area contributed by atoms with Gasteiger partial charge in [0.25, 0.3) is 5.91 Å². The molecule has 0 fully saturated rings. The summed E-state index contributed by atoms with van der Waals surface area (Å²) in [6.07, 6.45) is 0.884. The molecule has 3 N–H and O–H groups in total. The molecule has 0 radical (unpaired) electrons. The Labute approximate surface area is 117 Å². The molecule has 1 aromatic rings. The van der Waals surface area contributed by atoms with Gasteiger partial charge in [-0.15, -0.1) is 0 Å². The van der Waals surface area contributed by atoms with Crippen molar-refractivity contribution in [2.45, 2.75) is 6.42 Å². The Morgan fingerprint density at radius 3 is 2.61 bits per heavy atom. The van der Waals surface area contributed by atoms with Gasteiger partial charge in [-0.1, -0.05) is 23.2 Å². The number of amides is 1. The standard InChI is InChI=1S/C12H17Cl2N3O/c1-17(2)5-3-4-16-12(18)8-6-9(13)11(14)10(15)7-8/h6-7H,3-5,15H2,1-2H3,(H,16,18). The zero-order valence-corrected chi connectivity index (χ0v) is 12.0. The molecule has 0 saturated carbocycles. The molecule has 1 amide bonds. The molecule has 0 spiro atoms. The van der Waals surface area contributed by atoms with E-state index < -0.39 is 0 Å². The molecule has 0 unspecified atom stereocenters. The Balaban J connectivity index is 2.57. The average molecular weight is 290 g/mol. The second-order valence-corrected chi connectivity index (χ2v) is 5.06. The van der Waals surface area contributed by atoms with Crippen molar-refractivity contribution in [3.05, 3.63) is 27.7 Å². The minimum Gasteiger partial charge on any atom is -0.397 e. The van der Waals surface area contributed by atoms with Gasteiger partial charge in [0.2, 0.25) is 0 Å². The largest absolute Gasteiger partial charge is 0.397 e. The van der Waals surface area contributed by atoms with E-state index in [-0.39, 0.29) is 16.0 Å². The average Bonchev–Trinajstić information content (AvgIpc) is 2.30. The van der Waals surface area contributed by atoms with Gasteiger partial charge in [0.15, 0.2) is 0 Å². The molecule has 0 aliphatic rings. The van der Waals surface area contributed by atoms with Crippen LogP contribution in [0.4, 0.5) is 5.69 Å². The number of nitrogen functional groups attached to an aromatic ring is 1. The molecular weight excluding hydrogens is 273 g/mol. The highest BCUT2D eigenvalue weighted by molar-refractivity contribution is 6.43. The van der Waals surface area contributed by atoms with Gasteiger partial charge in [-0.05, 0) is 39.2 Å². The van der Waals surface area contributed by atoms with Gasteiger partial charge in [-0.2, -0.15) is 0 Å². The van der Waals surface area contributed by atoms with Crippen molar-refractivity contribution < 1.29 is 4.79 Å². The zero-order valence-electron chi connectivity index (χ0n) is 10.5. The van der Waals surface area contributed by atoms with E-state index in [0.717, 1.165) is 13.0 Å². The Morgan fingerprint density at radius 2 is 2.06 bits per heavy atom. The van der Waals surface area contributed by atoms with E-state index >= 15 is 0 Å². The SMILES string of the molecule is CN(C)CCCNC(=O)c1cc(N)c(Cl)c(Cl)c1. The van der Waals surface area contributed by atoms with Gasteiger partial charge in [0.05, 0.1) is 15.7 Å². The van der Waals surface area contributed by atoms with Gasteiger partial charge in [-0.3, -0.25) is 4.79 Å². The van der Waals surface area contributed by atoms with Crippen LogP contribution in [0.1, 0.15) is 16.8 Å². The van der Waals surface area contributed by atoms with Crippen LogP contribution >= 0.6 is 23.2 Å². The predicted molar refractivity (Wildman–Crippen MR) is 76.4 cm³/mol. The first-order valence-electron chi connectivity index (χ1n) is 5.59. The van der Waals surface area contributed by atoms with Crippen LogP contribution in [-0.2, 0) is 0 Å². The third-order valence-electron chi connectivity index (χ3n) is 2.39. The van der Waals surface area contributed by atoms with Gasteiger partial charge >= 0.3 is 0 Å². The maximum Gasteiger partial charge on any atom is 0.251 e. The number of anilines is 1. The molecule has 1 rings (SSSR count). The lowest BCUT2D eigenvalue weighted by Crippen LogP contribution is -2.27. The molecule has 0 heterocycles. The van der Waals surface area contributed by atoms with Crippen molar-refractivity contribution in [2.75, 3.05) is 32.9 Å². The van der Waals surface area contributed by atoms with Crippen LogP contribution in [0.25, 0.3) is 0 Å². The van der Waals surface area contributed by atoms with Gasteiger partial charge in [0, 0.05) is 12.1 Å². The van der Waals surface area contributed by atoms with Crippen LogP contribution in [0.5, 0.6) is 0 Å². The highest BCUT2D eigenvalue weighted by Crippen LogP contribution is 2.29. The summed E-state index contributed by atoms with van der Waals surface area (Å²) in [6.45, 7) is 1.53. The lowest BCUT2D eigenvalue weighted by atomic mass is 10.2. The maximum absolute atomic E-state index is 11.8. The fraction of sp³-hybridized carbons (Fsp3) is 0.417. The molecule has 0 aromatic heterocycles. The predicted octanol–water partition coefficient (Wildman–Crippen LogP) is 2.26. The van der Waals surface area contributed by atoms with Crippen molar-refractivity contribution in [1.82, 2.24) is 10.2 Å². The second-order valence-electron chi connectivity index (χ2n) is 4.27. The lowest BCUT2D eigenvalue weighted by molar-refractivity contribution is 0.0952. The Hall–Kier alpha value is -0.970. The zero-order chi connectivity index (χ0) is 13.7. The molecule has 6 heteroatoms. The first kappa shape index (κ1) is 15.1. The summed E-state index contributed by atoms with van der Waals surface area (Å²) in [5.41, 5.74) is 6.38. The van der Waals surface area contributed by atoms with Gasteiger partial charge < -0.3 is 16.0 Å². The molecule has 4 nitrogen and oxygen atoms in total. The van der Waals surface area contributed by atoms with E-state index in [4.69, 9.17) is 28.9 Å². The Bertz CT molecular complexity index is 412. The fourth-order valence-electron chi connectivity index (χ4n) is 1.44. The highest BCUT2D eigenvalue weighted by Gasteiger charge is 2.10. The Kier molecular flexibility index (Phi) is 5.72. The minimum absolute atomic E-state index is 0.195. The van der Waals surface area contributed by atoms with Crippen molar-refractivity contribution >= 4 is 34.8 Å². The fourth-order valence-corrected chi connectivity index (χ4v) is 1.78. The number of carbonyl (C=O) groups is 1. The normalized spacial score (nSPS) is 10.7. The summed E-state index contributed by atoms with van der Waals surface area (Å²) in [6, 6.07) is 3.04. The van der Waals surface area contributed by atoms with E-state index in [9.17, 15) is 4.79 Å². The number of nitrogens with two attached hydrogens (primary N) is 1. The van der Waals surface area contributed by atoms with Crippen molar-refractivity contribution in [1.29, 1.82) is 0 Å². The summed E-state index contributed by atoms with van der Waals surface area (Å²) in [7, 11) is 3.98. The van der Waals surface area contributed by atoms with Crippen LogP contribution in [0.3, 0.4) is 0 Å². The summed E-state index contributed by atoms with van der Waals surface area (Å²) >= 11 is 11.7. The summed E-state index contributed by atoms with van der Waals surface area (Å²) in [5, 5.41) is 3.37. The van der Waals surface area contributed by atoms with Crippen LogP contribution in [-0.4, -0.2) is 38.0 Å². The first-order valence-corrected chi connectivity index (χ1v) is 6.35. The van der Waals surface area contributed by atoms with Crippen molar-refractivity contribution in [3.8, 4) is 0 Å². The molecule has 0 atom stereocenters. The summed E-state index contributed by atoms with van der Waals surface area (Å²) < 4.78 is 0. The third-order valence-corrected chi connectivity index (χ3v) is 3.20. The Morgan fingerprint density at radius 1 is 1.39 bits per heavy atom. The number of hydrogen-bond acceptors (Lipinski definition) is 3. The molecule has 1 aromatic carbocycles. The first-order chi connectivity index (χ1) is 8.41. The summed E-state index contributed by atoms with van der Waals surface area (Å²) in [5.74, 6) is -0.195. The lowest BCUT2D eigenvalue weighted by Gasteiger charge is -2.10. The summed E-state index contributed by atoms with van der Waals surface area (Å²) in [4.78, 5) is 13.9. The van der Waals surface area contributed by atoms with E-state index in [0.29, 0.717) is 17.8 Å². The van der Waals surface area contributed by atoms with Gasteiger partial charge in [0.1, 0.15) is 0 Å². The van der Waals surface area contributed by atoms with E-state index in [1.54, 1.807) is 0 Å². The molecule has 0 aliphatic heterocycles. The molecule has 0 bridgehead atoms. The molecule has 18 heavy (non-hydrogen) atoms. The minimum atomic E-state index is -0.195. The van der Waals surface area contributed by atoms with Crippen LogP contribution in [0.15, 0.2) is 12.1 Å². The van der Waals surface area contributed by atoms with Crippen LogP contribution in [0, 0.1) is 0 Å². The number of hydrogen-bond donors (Lipinski definition) is 2. The third kappa shape index (κ3) is 4.37. The second kappa shape index (κ2) is 6.83. The quantitative estimate of drug-likeness (QED) is 0.646.